The number of methoxy groups -OCH3 is 1. The summed E-state index contributed by atoms with van der Waals surface area (Å²) < 4.78 is 10.1. The zero-order chi connectivity index (χ0) is 21.1. The Kier molecular flexibility index (Phi) is 6.17. The normalized spacial score (nSPS) is 11.1. The summed E-state index contributed by atoms with van der Waals surface area (Å²) in [6, 6.07) is 8.84. The van der Waals surface area contributed by atoms with Gasteiger partial charge >= 0.3 is 5.97 Å². The Morgan fingerprint density at radius 2 is 1.93 bits per heavy atom. The van der Waals surface area contributed by atoms with Crippen molar-refractivity contribution < 1.29 is 18.8 Å². The van der Waals surface area contributed by atoms with Crippen LogP contribution < -0.4 is 0 Å². The molecule has 0 unspecified atom stereocenters. The van der Waals surface area contributed by atoms with Gasteiger partial charge in [0.1, 0.15) is 6.54 Å². The highest BCUT2D eigenvalue weighted by atomic mass is 35.5. The van der Waals surface area contributed by atoms with Gasteiger partial charge in [-0.3, -0.25) is 9.59 Å². The minimum Gasteiger partial charge on any atom is -0.468 e. The molecule has 1 amide bonds. The molecule has 1 aromatic carbocycles. The summed E-state index contributed by atoms with van der Waals surface area (Å²) in [5.74, 6) is -0.753. The van der Waals surface area contributed by atoms with E-state index in [4.69, 9.17) is 20.9 Å². The quantitative estimate of drug-likeness (QED) is 0.563. The van der Waals surface area contributed by atoms with Crippen LogP contribution in [0.25, 0.3) is 11.1 Å². The number of esters is 1. The van der Waals surface area contributed by atoms with Crippen molar-refractivity contribution in [1.29, 1.82) is 0 Å². The van der Waals surface area contributed by atoms with Gasteiger partial charge in [-0.15, -0.1) is 0 Å². The second kappa shape index (κ2) is 8.61. The summed E-state index contributed by atoms with van der Waals surface area (Å²) in [4.78, 5) is 31.4. The molecule has 8 heteroatoms. The van der Waals surface area contributed by atoms with E-state index in [0.717, 1.165) is 5.56 Å². The largest absolute Gasteiger partial charge is 0.468 e. The second-order valence-electron chi connectivity index (χ2n) is 7.06. The molecule has 2 heterocycles. The zero-order valence-electron chi connectivity index (χ0n) is 16.7. The molecular formula is C21H22ClN3O4. The lowest BCUT2D eigenvalue weighted by Crippen LogP contribution is -2.36. The molecule has 0 N–H and O–H groups in total. The average molecular weight is 416 g/mol. The first-order valence-electron chi connectivity index (χ1n) is 9.17. The summed E-state index contributed by atoms with van der Waals surface area (Å²) in [5, 5.41) is 5.10. The van der Waals surface area contributed by atoms with Crippen LogP contribution in [0.1, 0.15) is 47.1 Å². The van der Waals surface area contributed by atoms with Gasteiger partial charge in [0.15, 0.2) is 0 Å². The number of hydrogen-bond acceptors (Lipinski definition) is 6. The fourth-order valence-corrected chi connectivity index (χ4v) is 3.10. The highest BCUT2D eigenvalue weighted by molar-refractivity contribution is 6.30. The number of carbonyl (C=O) groups excluding carboxylic acids is 2. The minimum atomic E-state index is -0.510. The van der Waals surface area contributed by atoms with E-state index >= 15 is 0 Å². The lowest BCUT2D eigenvalue weighted by Gasteiger charge is -2.22. The molecule has 152 valence electrons. The second-order valence-corrected chi connectivity index (χ2v) is 7.50. The van der Waals surface area contributed by atoms with Crippen LogP contribution in [0.2, 0.25) is 5.02 Å². The van der Waals surface area contributed by atoms with Gasteiger partial charge in [0.25, 0.3) is 11.6 Å². The standard InChI is InChI=1S/C21H22ClN3O4/c1-12(2)17-9-16(19-13(3)24-29-20(19)23-17)21(27)25(11-18(26)28-4)10-14-5-7-15(22)8-6-14/h5-9,12H,10-11H2,1-4H3. The van der Waals surface area contributed by atoms with Crippen molar-refractivity contribution in [3.05, 3.63) is 57.9 Å². The maximum atomic E-state index is 13.5. The van der Waals surface area contributed by atoms with Crippen molar-refractivity contribution in [3.8, 4) is 0 Å². The summed E-state index contributed by atoms with van der Waals surface area (Å²) in [6.07, 6.45) is 0. The molecular weight excluding hydrogens is 394 g/mol. The van der Waals surface area contributed by atoms with Crippen LogP contribution in [0, 0.1) is 6.92 Å². The van der Waals surface area contributed by atoms with E-state index in [1.54, 1.807) is 25.1 Å². The van der Waals surface area contributed by atoms with E-state index in [2.05, 4.69) is 10.1 Å². The maximum Gasteiger partial charge on any atom is 0.325 e. The van der Waals surface area contributed by atoms with E-state index < -0.39 is 5.97 Å². The first kappa shape index (κ1) is 20.8. The Hall–Kier alpha value is -2.93. The van der Waals surface area contributed by atoms with Crippen molar-refractivity contribution in [1.82, 2.24) is 15.0 Å². The Labute approximate surface area is 173 Å². The third-order valence-electron chi connectivity index (χ3n) is 4.58. The van der Waals surface area contributed by atoms with Crippen molar-refractivity contribution in [2.45, 2.75) is 33.2 Å². The molecule has 0 aliphatic heterocycles. The van der Waals surface area contributed by atoms with Crippen LogP contribution in [-0.4, -0.2) is 40.6 Å². The average Bonchev–Trinajstić information content (AvgIpc) is 3.08. The molecule has 0 fully saturated rings. The minimum absolute atomic E-state index is 0.0849. The molecule has 0 radical (unpaired) electrons. The Morgan fingerprint density at radius 3 is 2.55 bits per heavy atom. The fourth-order valence-electron chi connectivity index (χ4n) is 2.98. The van der Waals surface area contributed by atoms with Crippen LogP contribution >= 0.6 is 11.6 Å². The molecule has 0 aliphatic carbocycles. The van der Waals surface area contributed by atoms with E-state index in [9.17, 15) is 9.59 Å². The number of halogens is 1. The van der Waals surface area contributed by atoms with Crippen molar-refractivity contribution in [3.63, 3.8) is 0 Å². The molecule has 0 saturated carbocycles. The topological polar surface area (TPSA) is 85.5 Å². The number of pyridine rings is 1. The molecule has 2 aromatic heterocycles. The van der Waals surface area contributed by atoms with Crippen LogP contribution in [-0.2, 0) is 16.1 Å². The van der Waals surface area contributed by atoms with E-state index in [0.29, 0.717) is 33.1 Å². The van der Waals surface area contributed by atoms with Gasteiger partial charge in [-0.1, -0.05) is 42.7 Å². The van der Waals surface area contributed by atoms with Gasteiger partial charge in [0.05, 0.1) is 23.8 Å². The molecule has 7 nitrogen and oxygen atoms in total. The first-order chi connectivity index (χ1) is 13.8. The van der Waals surface area contributed by atoms with Crippen molar-refractivity contribution in [2.24, 2.45) is 0 Å². The number of benzene rings is 1. The van der Waals surface area contributed by atoms with E-state index in [1.165, 1.54) is 12.0 Å². The van der Waals surface area contributed by atoms with Crippen LogP contribution in [0.15, 0.2) is 34.9 Å². The predicted molar refractivity (Wildman–Crippen MR) is 109 cm³/mol. The summed E-state index contributed by atoms with van der Waals surface area (Å²) in [6.45, 7) is 5.74. The van der Waals surface area contributed by atoms with Crippen LogP contribution in [0.5, 0.6) is 0 Å². The summed E-state index contributed by atoms with van der Waals surface area (Å²) >= 11 is 5.95. The fraction of sp³-hybridized carbons (Fsp3) is 0.333. The van der Waals surface area contributed by atoms with Gasteiger partial charge < -0.3 is 14.2 Å². The van der Waals surface area contributed by atoms with Crippen molar-refractivity contribution >= 4 is 34.6 Å². The lowest BCUT2D eigenvalue weighted by atomic mass is 10.0. The number of fused-ring (bicyclic) bond motifs is 1. The van der Waals surface area contributed by atoms with Gasteiger partial charge in [0.2, 0.25) is 0 Å². The Balaban J connectivity index is 2.05. The highest BCUT2D eigenvalue weighted by Gasteiger charge is 2.25. The number of rotatable bonds is 6. The summed E-state index contributed by atoms with van der Waals surface area (Å²) in [7, 11) is 1.29. The van der Waals surface area contributed by atoms with E-state index in [1.807, 2.05) is 26.0 Å². The zero-order valence-corrected chi connectivity index (χ0v) is 17.5. The van der Waals surface area contributed by atoms with Gasteiger partial charge in [-0.2, -0.15) is 0 Å². The molecule has 0 bridgehead atoms. The molecule has 3 rings (SSSR count). The van der Waals surface area contributed by atoms with E-state index in [-0.39, 0.29) is 24.9 Å². The Bertz CT molecular complexity index is 1040. The number of amides is 1. The molecule has 3 aromatic rings. The first-order valence-corrected chi connectivity index (χ1v) is 9.55. The van der Waals surface area contributed by atoms with Crippen LogP contribution in [0.3, 0.4) is 0 Å². The summed E-state index contributed by atoms with van der Waals surface area (Å²) in [5.41, 5.74) is 2.82. The highest BCUT2D eigenvalue weighted by Crippen LogP contribution is 2.26. The predicted octanol–water partition coefficient (Wildman–Crippen LogP) is 4.12. The molecule has 0 spiro atoms. The SMILES string of the molecule is COC(=O)CN(Cc1ccc(Cl)cc1)C(=O)c1cc(C(C)C)nc2onc(C)c12. The number of nitrogens with zero attached hydrogens (tertiary/aromatic N) is 3. The molecule has 0 atom stereocenters. The maximum absolute atomic E-state index is 13.5. The lowest BCUT2D eigenvalue weighted by molar-refractivity contribution is -0.141. The number of aromatic nitrogens is 2. The van der Waals surface area contributed by atoms with Gasteiger partial charge in [-0.25, -0.2) is 4.98 Å². The Morgan fingerprint density at radius 1 is 1.24 bits per heavy atom. The third-order valence-corrected chi connectivity index (χ3v) is 4.83. The smallest absolute Gasteiger partial charge is 0.325 e. The number of ether oxygens (including phenoxy) is 1. The number of aryl methyl sites for hydroxylation is 1. The molecule has 0 saturated heterocycles. The van der Waals surface area contributed by atoms with Gasteiger partial charge in [-0.05, 0) is 36.6 Å². The number of carbonyl (C=O) groups is 2. The third kappa shape index (κ3) is 4.56. The molecule has 0 aliphatic rings. The van der Waals surface area contributed by atoms with Crippen molar-refractivity contribution in [2.75, 3.05) is 13.7 Å². The monoisotopic (exact) mass is 415 g/mol. The van der Waals surface area contributed by atoms with Gasteiger partial charge in [0, 0.05) is 17.3 Å². The number of hydrogen-bond donors (Lipinski definition) is 0. The van der Waals surface area contributed by atoms with Crippen LogP contribution in [0.4, 0.5) is 0 Å². The molecule has 29 heavy (non-hydrogen) atoms.